The summed E-state index contributed by atoms with van der Waals surface area (Å²) in [4.78, 5) is 0. The van der Waals surface area contributed by atoms with E-state index in [0.717, 1.165) is 12.8 Å². The number of allylic oxidation sites excluding steroid dienone is 8. The molecular formula is C30H50Cl2Zr. The molecule has 0 bridgehead atoms. The Bertz CT molecular complexity index is 626. The van der Waals surface area contributed by atoms with Crippen LogP contribution in [0, 0.1) is 23.0 Å². The van der Waals surface area contributed by atoms with Gasteiger partial charge in [-0.1, -0.05) is 144 Å². The molecule has 0 saturated carbocycles. The molecule has 0 aliphatic heterocycles. The summed E-state index contributed by atoms with van der Waals surface area (Å²) in [6.07, 6.45) is 19.5. The first-order chi connectivity index (χ1) is 14.4. The summed E-state index contributed by atoms with van der Waals surface area (Å²) in [6, 6.07) is 0. The Morgan fingerprint density at radius 1 is 0.455 bits per heavy atom. The van der Waals surface area contributed by atoms with Crippen molar-refractivity contribution < 1.29 is 51.0 Å². The zero-order chi connectivity index (χ0) is 22.9. The van der Waals surface area contributed by atoms with Crippen molar-refractivity contribution in [2.24, 2.45) is 10.8 Å². The van der Waals surface area contributed by atoms with Crippen molar-refractivity contribution in [1.29, 1.82) is 0 Å². The molecule has 0 N–H and O–H groups in total. The van der Waals surface area contributed by atoms with Crippen molar-refractivity contribution in [3.63, 3.8) is 0 Å². The first kappa shape index (κ1) is 38.0. The van der Waals surface area contributed by atoms with Crippen molar-refractivity contribution in [3.05, 3.63) is 45.6 Å². The second-order valence-electron chi connectivity index (χ2n) is 8.82. The van der Waals surface area contributed by atoms with Crippen molar-refractivity contribution in [3.8, 4) is 0 Å². The zero-order valence-electron chi connectivity index (χ0n) is 23.3. The molecule has 0 heterocycles. The second-order valence-corrected chi connectivity index (χ2v) is 8.82. The monoisotopic (exact) mass is 570 g/mol. The Labute approximate surface area is 239 Å². The molecule has 0 aromatic heterocycles. The molecule has 3 heteroatoms. The Morgan fingerprint density at radius 2 is 0.727 bits per heavy atom. The predicted octanol–water partition coefficient (Wildman–Crippen LogP) is 4.13. The summed E-state index contributed by atoms with van der Waals surface area (Å²) < 4.78 is 0. The van der Waals surface area contributed by atoms with Gasteiger partial charge in [-0.15, -0.1) is 0 Å². The van der Waals surface area contributed by atoms with Gasteiger partial charge < -0.3 is 24.8 Å². The molecule has 0 atom stereocenters. The van der Waals surface area contributed by atoms with Gasteiger partial charge in [0.25, 0.3) is 0 Å². The topological polar surface area (TPSA) is 0 Å². The molecule has 0 amide bonds. The van der Waals surface area contributed by atoms with Gasteiger partial charge in [-0.25, -0.2) is 11.1 Å². The molecule has 2 aliphatic rings. The van der Waals surface area contributed by atoms with Gasteiger partial charge in [-0.05, 0) is 0 Å². The average Bonchev–Trinajstić information content (AvgIpc) is 3.30. The standard InChI is InChI=1S/2C15H25.2ClH.Zr/c2*1-6-12-11-15(9-4,10-5)14(8-3)13(12)7-2;;;/h2*6-10H2,1-5H3;2*1H;/q2*-1;;;+4/p-2. The van der Waals surface area contributed by atoms with E-state index in [4.69, 9.17) is 0 Å². The molecule has 0 nitrogen and oxygen atoms in total. The Kier molecular flexibility index (Phi) is 20.5. The van der Waals surface area contributed by atoms with Gasteiger partial charge in [0, 0.05) is 0 Å². The molecule has 0 aromatic rings. The van der Waals surface area contributed by atoms with Crippen LogP contribution < -0.4 is 24.8 Å². The van der Waals surface area contributed by atoms with E-state index in [0.29, 0.717) is 0 Å². The van der Waals surface area contributed by atoms with Crippen molar-refractivity contribution >= 4 is 0 Å². The van der Waals surface area contributed by atoms with Gasteiger partial charge in [0.2, 0.25) is 0 Å². The Morgan fingerprint density at radius 3 is 0.879 bits per heavy atom. The van der Waals surface area contributed by atoms with Crippen LogP contribution in [-0.4, -0.2) is 0 Å². The maximum Gasteiger partial charge on any atom is 4.00 e. The third-order valence-electron chi connectivity index (χ3n) is 7.93. The van der Waals surface area contributed by atoms with E-state index in [9.17, 15) is 0 Å². The summed E-state index contributed by atoms with van der Waals surface area (Å²) in [5, 5.41) is 0. The van der Waals surface area contributed by atoms with Gasteiger partial charge in [0.05, 0.1) is 0 Å². The van der Waals surface area contributed by atoms with Crippen LogP contribution in [0.25, 0.3) is 0 Å². The number of halogens is 2. The van der Waals surface area contributed by atoms with Gasteiger partial charge in [0.15, 0.2) is 0 Å². The van der Waals surface area contributed by atoms with E-state index in [1.807, 2.05) is 0 Å². The smallest absolute Gasteiger partial charge is 1.00 e. The quantitative estimate of drug-likeness (QED) is 0.346. The van der Waals surface area contributed by atoms with Gasteiger partial charge in [0.1, 0.15) is 0 Å². The van der Waals surface area contributed by atoms with Crippen LogP contribution in [0.15, 0.2) is 33.4 Å². The van der Waals surface area contributed by atoms with E-state index >= 15 is 0 Å². The molecule has 0 aromatic carbocycles. The van der Waals surface area contributed by atoms with E-state index in [2.05, 4.69) is 81.4 Å². The molecule has 0 saturated heterocycles. The van der Waals surface area contributed by atoms with E-state index in [1.165, 1.54) is 62.5 Å². The molecule has 33 heavy (non-hydrogen) atoms. The number of hydrogen-bond donors (Lipinski definition) is 0. The maximum absolute atomic E-state index is 3.80. The average molecular weight is 573 g/mol. The molecule has 0 spiro atoms. The fourth-order valence-electron chi connectivity index (χ4n) is 6.09. The van der Waals surface area contributed by atoms with Gasteiger partial charge >= 0.3 is 26.2 Å². The van der Waals surface area contributed by atoms with Crippen LogP contribution in [0.1, 0.15) is 133 Å². The van der Waals surface area contributed by atoms with Crippen molar-refractivity contribution in [2.75, 3.05) is 0 Å². The maximum atomic E-state index is 3.80. The molecular weight excluding hydrogens is 522 g/mol. The van der Waals surface area contributed by atoms with Crippen LogP contribution in [0.4, 0.5) is 0 Å². The van der Waals surface area contributed by atoms with Crippen LogP contribution in [0.5, 0.6) is 0 Å². The summed E-state index contributed by atoms with van der Waals surface area (Å²) in [7, 11) is 0. The second kappa shape index (κ2) is 17.8. The minimum Gasteiger partial charge on any atom is -1.00 e. The summed E-state index contributed by atoms with van der Waals surface area (Å²) in [6.45, 7) is 22.9. The van der Waals surface area contributed by atoms with Gasteiger partial charge in [-0.3, -0.25) is 12.2 Å². The third kappa shape index (κ3) is 7.70. The van der Waals surface area contributed by atoms with Crippen LogP contribution in [-0.2, 0) is 26.2 Å². The molecule has 188 valence electrons. The fourth-order valence-corrected chi connectivity index (χ4v) is 6.09. The predicted molar refractivity (Wildman–Crippen MR) is 135 cm³/mol. The summed E-state index contributed by atoms with van der Waals surface area (Å²) in [5.41, 5.74) is 10.1. The van der Waals surface area contributed by atoms with Gasteiger partial charge in [-0.2, -0.15) is 22.3 Å². The zero-order valence-corrected chi connectivity index (χ0v) is 27.3. The molecule has 0 radical (unpaired) electrons. The van der Waals surface area contributed by atoms with E-state index in [-0.39, 0.29) is 61.8 Å². The van der Waals surface area contributed by atoms with E-state index < -0.39 is 0 Å². The van der Waals surface area contributed by atoms with Crippen LogP contribution in [0.2, 0.25) is 0 Å². The van der Waals surface area contributed by atoms with Crippen molar-refractivity contribution in [1.82, 2.24) is 0 Å². The van der Waals surface area contributed by atoms with Crippen LogP contribution in [0.3, 0.4) is 0 Å². The Balaban J connectivity index is -0.000000500. The molecule has 2 rings (SSSR count). The molecule has 0 fully saturated rings. The first-order valence-corrected chi connectivity index (χ1v) is 13.1. The SMILES string of the molecule is CCC1=[C-]C(CC)(CC)C(CC)=C1CC.CCC1=[C-]C(CC)(CC)C(CC)=C1CC.[Cl-].[Cl-].[Zr+4]. The summed E-state index contributed by atoms with van der Waals surface area (Å²) in [5.74, 6) is 0. The minimum atomic E-state index is 0. The number of hydrogen-bond acceptors (Lipinski definition) is 0. The largest absolute Gasteiger partial charge is 4.00 e. The molecule has 0 unspecified atom stereocenters. The van der Waals surface area contributed by atoms with E-state index in [1.54, 1.807) is 22.3 Å². The fraction of sp³-hybridized carbons (Fsp3) is 0.733. The minimum absolute atomic E-state index is 0. The molecule has 2 aliphatic carbocycles. The normalized spacial score (nSPS) is 17.9. The first-order valence-electron chi connectivity index (χ1n) is 13.1. The number of rotatable bonds is 10. The van der Waals surface area contributed by atoms with Crippen LogP contribution >= 0.6 is 0 Å². The Hall–Kier alpha value is 0.423. The summed E-state index contributed by atoms with van der Waals surface area (Å²) >= 11 is 0. The van der Waals surface area contributed by atoms with Crippen molar-refractivity contribution in [2.45, 2.75) is 133 Å². The third-order valence-corrected chi connectivity index (χ3v) is 7.93.